The Morgan fingerprint density at radius 2 is 1.51 bits per heavy atom. The number of nitrogens with zero attached hydrogens (tertiary/aromatic N) is 2. The first-order valence-electron chi connectivity index (χ1n) is 11.3. The third-order valence-electron chi connectivity index (χ3n) is 6.12. The van der Waals surface area contributed by atoms with Gasteiger partial charge in [0.1, 0.15) is 5.75 Å². The summed E-state index contributed by atoms with van der Waals surface area (Å²) in [5, 5.41) is 18.5. The zero-order valence-corrected chi connectivity index (χ0v) is 21.4. The molecule has 0 bridgehead atoms. The number of hydrogen-bond acceptors (Lipinski definition) is 4. The predicted octanol–water partition coefficient (Wildman–Crippen LogP) is 7.69. The Kier molecular flexibility index (Phi) is 8.19. The summed E-state index contributed by atoms with van der Waals surface area (Å²) < 4.78 is 0. The number of rotatable bonds is 8. The number of para-hydroxylation sites is 1. The van der Waals surface area contributed by atoms with Crippen LogP contribution in [0, 0.1) is 0 Å². The average Bonchev–Trinajstić information content (AvgIpc) is 2.86. The van der Waals surface area contributed by atoms with Gasteiger partial charge >= 0.3 is 0 Å². The lowest BCUT2D eigenvalue weighted by Crippen LogP contribution is -2.27. The highest BCUT2D eigenvalue weighted by Crippen LogP contribution is 2.37. The van der Waals surface area contributed by atoms with Gasteiger partial charge in [0.05, 0.1) is 16.7 Å². The fraction of sp³-hybridized carbons (Fsp3) is 0.179. The van der Waals surface area contributed by atoms with Gasteiger partial charge in [0.2, 0.25) is 0 Å². The second-order valence-corrected chi connectivity index (χ2v) is 9.07. The van der Waals surface area contributed by atoms with Gasteiger partial charge in [-0.25, -0.2) is 4.98 Å². The van der Waals surface area contributed by atoms with Crippen LogP contribution in [0.5, 0.6) is 5.75 Å². The van der Waals surface area contributed by atoms with Crippen LogP contribution < -0.4 is 5.32 Å². The topological polar surface area (TPSA) is 48.4 Å². The molecular weight excluding hydrogens is 501 g/mol. The summed E-state index contributed by atoms with van der Waals surface area (Å²) >= 11 is 11.9. The lowest BCUT2D eigenvalue weighted by Gasteiger charge is -2.21. The lowest BCUT2D eigenvalue weighted by atomic mass is 10.0. The van der Waals surface area contributed by atoms with Gasteiger partial charge < -0.3 is 10.4 Å². The van der Waals surface area contributed by atoms with Gasteiger partial charge in [-0.15, -0.1) is 35.6 Å². The second kappa shape index (κ2) is 11.3. The van der Waals surface area contributed by atoms with E-state index in [0.717, 1.165) is 49.5 Å². The Bertz CT molecular complexity index is 1470. The van der Waals surface area contributed by atoms with E-state index in [2.05, 4.69) is 40.5 Å². The monoisotopic (exact) mass is 525 g/mol. The molecular formula is C28H26Cl3N3O. The Hall–Kier alpha value is -2.76. The van der Waals surface area contributed by atoms with E-state index in [4.69, 9.17) is 28.2 Å². The predicted molar refractivity (Wildman–Crippen MR) is 152 cm³/mol. The van der Waals surface area contributed by atoms with E-state index >= 15 is 0 Å². The standard InChI is InChI=1S/C28H25Cl2N3O.ClH/c29-13-15-33(16-14-30)18-20-17-21(10-12-26(20)34)31-28-23-7-3-4-8-25(23)32-27-22-6-2-1-5-19(22)9-11-24(27)28;/h1-12,17,34H,13-16,18H2,(H,31,32);1H. The third kappa shape index (κ3) is 5.26. The smallest absolute Gasteiger partial charge is 0.120 e. The van der Waals surface area contributed by atoms with Crippen LogP contribution in [0.3, 0.4) is 0 Å². The highest BCUT2D eigenvalue weighted by Gasteiger charge is 2.14. The molecule has 180 valence electrons. The number of benzene rings is 4. The van der Waals surface area contributed by atoms with Crippen molar-refractivity contribution in [2.75, 3.05) is 30.2 Å². The van der Waals surface area contributed by atoms with Crippen LogP contribution >= 0.6 is 35.6 Å². The maximum Gasteiger partial charge on any atom is 0.120 e. The fourth-order valence-corrected chi connectivity index (χ4v) is 4.92. The molecule has 0 aliphatic heterocycles. The summed E-state index contributed by atoms with van der Waals surface area (Å²) in [7, 11) is 0. The van der Waals surface area contributed by atoms with Gasteiger partial charge in [-0.3, -0.25) is 4.90 Å². The van der Waals surface area contributed by atoms with Gasteiger partial charge in [-0.05, 0) is 29.7 Å². The van der Waals surface area contributed by atoms with Crippen molar-refractivity contribution in [3.63, 3.8) is 0 Å². The molecule has 1 aromatic heterocycles. The number of hydrogen-bond donors (Lipinski definition) is 2. The molecule has 1 heterocycles. The molecule has 0 fully saturated rings. The zero-order chi connectivity index (χ0) is 23.5. The van der Waals surface area contributed by atoms with Gasteiger partial charge in [0, 0.05) is 58.8 Å². The first-order valence-corrected chi connectivity index (χ1v) is 12.4. The third-order valence-corrected chi connectivity index (χ3v) is 6.46. The minimum absolute atomic E-state index is 0. The Labute approximate surface area is 220 Å². The highest BCUT2D eigenvalue weighted by molar-refractivity contribution is 6.18. The number of nitrogens with one attached hydrogen (secondary N) is 1. The number of aromatic nitrogens is 1. The molecule has 5 rings (SSSR count). The average molecular weight is 527 g/mol. The quantitative estimate of drug-likeness (QED) is 0.0941. The van der Waals surface area contributed by atoms with Crippen LogP contribution in [0.2, 0.25) is 0 Å². The fourth-order valence-electron chi connectivity index (χ4n) is 4.44. The van der Waals surface area contributed by atoms with Crippen molar-refractivity contribution in [3.05, 3.63) is 84.4 Å². The first kappa shape index (κ1) is 25.3. The van der Waals surface area contributed by atoms with E-state index in [0.29, 0.717) is 31.4 Å². The molecule has 2 N–H and O–H groups in total. The van der Waals surface area contributed by atoms with Crippen LogP contribution in [0.15, 0.2) is 78.9 Å². The number of phenols is 1. The van der Waals surface area contributed by atoms with Crippen molar-refractivity contribution in [1.82, 2.24) is 9.88 Å². The van der Waals surface area contributed by atoms with Crippen molar-refractivity contribution < 1.29 is 5.11 Å². The van der Waals surface area contributed by atoms with Crippen molar-refractivity contribution in [1.29, 1.82) is 0 Å². The van der Waals surface area contributed by atoms with Crippen LogP contribution in [0.1, 0.15) is 5.56 Å². The molecule has 0 aliphatic carbocycles. The van der Waals surface area contributed by atoms with E-state index in [-0.39, 0.29) is 18.2 Å². The molecule has 0 spiro atoms. The van der Waals surface area contributed by atoms with Crippen LogP contribution in [-0.2, 0) is 6.54 Å². The van der Waals surface area contributed by atoms with Crippen molar-refractivity contribution in [2.45, 2.75) is 6.54 Å². The number of aromatic hydroxyl groups is 1. The van der Waals surface area contributed by atoms with Gasteiger partial charge in [0.15, 0.2) is 0 Å². The maximum atomic E-state index is 10.5. The molecule has 0 saturated carbocycles. The maximum absolute atomic E-state index is 10.5. The van der Waals surface area contributed by atoms with Crippen molar-refractivity contribution in [3.8, 4) is 5.75 Å². The van der Waals surface area contributed by atoms with Crippen LogP contribution in [0.4, 0.5) is 11.4 Å². The summed E-state index contributed by atoms with van der Waals surface area (Å²) in [6.07, 6.45) is 0. The molecule has 0 saturated heterocycles. The molecule has 5 aromatic rings. The summed E-state index contributed by atoms with van der Waals surface area (Å²) in [5.41, 5.74) is 4.63. The molecule has 0 atom stereocenters. The van der Waals surface area contributed by atoms with Gasteiger partial charge in [0.25, 0.3) is 0 Å². The molecule has 4 nitrogen and oxygen atoms in total. The van der Waals surface area contributed by atoms with Crippen LogP contribution in [-0.4, -0.2) is 39.8 Å². The van der Waals surface area contributed by atoms with E-state index in [9.17, 15) is 5.11 Å². The lowest BCUT2D eigenvalue weighted by molar-refractivity contribution is 0.294. The molecule has 0 radical (unpaired) electrons. The normalized spacial score (nSPS) is 11.3. The molecule has 0 unspecified atom stereocenters. The second-order valence-electron chi connectivity index (χ2n) is 8.31. The molecule has 4 aromatic carbocycles. The Balaban J connectivity index is 0.00000289. The van der Waals surface area contributed by atoms with Gasteiger partial charge in [-0.2, -0.15) is 0 Å². The van der Waals surface area contributed by atoms with Crippen molar-refractivity contribution >= 4 is 79.6 Å². The minimum atomic E-state index is 0. The number of alkyl halides is 2. The summed E-state index contributed by atoms with van der Waals surface area (Å²) in [6, 6.07) is 26.4. The first-order chi connectivity index (χ1) is 16.7. The zero-order valence-electron chi connectivity index (χ0n) is 19.0. The van der Waals surface area contributed by atoms with Gasteiger partial charge in [-0.1, -0.05) is 54.6 Å². The molecule has 0 amide bonds. The van der Waals surface area contributed by atoms with E-state index in [1.165, 1.54) is 0 Å². The molecule has 35 heavy (non-hydrogen) atoms. The summed E-state index contributed by atoms with van der Waals surface area (Å²) in [4.78, 5) is 7.15. The largest absolute Gasteiger partial charge is 0.508 e. The van der Waals surface area contributed by atoms with Crippen LogP contribution in [0.25, 0.3) is 32.6 Å². The molecule has 0 aliphatic rings. The number of anilines is 2. The summed E-state index contributed by atoms with van der Waals surface area (Å²) in [6.45, 7) is 1.99. The number of phenolic OH excluding ortho intramolecular Hbond substituents is 1. The number of pyridine rings is 1. The number of halogens is 3. The minimum Gasteiger partial charge on any atom is -0.508 e. The van der Waals surface area contributed by atoms with Crippen molar-refractivity contribution in [2.24, 2.45) is 0 Å². The Morgan fingerprint density at radius 3 is 2.29 bits per heavy atom. The SMILES string of the molecule is Cl.Oc1ccc(Nc2c3ccccc3nc3c2ccc2ccccc23)cc1CN(CCCl)CCCl. The van der Waals surface area contributed by atoms with E-state index in [1.807, 2.05) is 42.5 Å². The van der Waals surface area contributed by atoms with E-state index < -0.39 is 0 Å². The Morgan fingerprint density at radius 1 is 0.800 bits per heavy atom. The number of fused-ring (bicyclic) bond motifs is 4. The summed E-state index contributed by atoms with van der Waals surface area (Å²) in [5.74, 6) is 1.28. The molecule has 7 heteroatoms. The highest BCUT2D eigenvalue weighted by atomic mass is 35.5. The van der Waals surface area contributed by atoms with E-state index in [1.54, 1.807) is 6.07 Å².